The van der Waals surface area contributed by atoms with Gasteiger partial charge in [-0.1, -0.05) is 49.4 Å². The zero-order valence-corrected chi connectivity index (χ0v) is 12.4. The van der Waals surface area contributed by atoms with Gasteiger partial charge in [-0.15, -0.1) is 0 Å². The highest BCUT2D eigenvalue weighted by atomic mass is 16.6. The fraction of sp³-hybridized carbons (Fsp3) is 0.278. The van der Waals surface area contributed by atoms with Crippen molar-refractivity contribution in [1.29, 1.82) is 0 Å². The summed E-state index contributed by atoms with van der Waals surface area (Å²) in [5.74, 6) is -0.155. The average Bonchev–Trinajstić information content (AvgIpc) is 3.31. The van der Waals surface area contributed by atoms with E-state index in [1.165, 1.54) is 0 Å². The van der Waals surface area contributed by atoms with Crippen LogP contribution in [0.3, 0.4) is 0 Å². The number of epoxide rings is 1. The molecule has 0 saturated carbocycles. The molecule has 2 unspecified atom stereocenters. The minimum Gasteiger partial charge on any atom is -0.489 e. The lowest BCUT2D eigenvalue weighted by molar-refractivity contribution is -0.138. The maximum absolute atomic E-state index is 11.1. The van der Waals surface area contributed by atoms with Crippen LogP contribution in [0.4, 0.5) is 0 Å². The second-order valence-corrected chi connectivity index (χ2v) is 5.38. The smallest absolute Gasteiger partial charge is 0.336 e. The van der Waals surface area contributed by atoms with E-state index in [1.54, 1.807) is 0 Å². The van der Waals surface area contributed by atoms with Gasteiger partial charge in [-0.05, 0) is 29.7 Å². The Balaban J connectivity index is 1.67. The molecule has 1 aliphatic heterocycles. The highest BCUT2D eigenvalue weighted by Gasteiger charge is 2.60. The molecule has 1 fully saturated rings. The van der Waals surface area contributed by atoms with Crippen molar-refractivity contribution in [2.24, 2.45) is 0 Å². The minimum absolute atomic E-state index is 0.507. The number of hydrogen-bond donors (Lipinski definition) is 1. The van der Waals surface area contributed by atoms with E-state index in [2.05, 4.69) is 0 Å². The Kier molecular flexibility index (Phi) is 3.86. The van der Waals surface area contributed by atoms with Crippen molar-refractivity contribution in [3.63, 3.8) is 0 Å². The van der Waals surface area contributed by atoms with Crippen molar-refractivity contribution >= 4 is 5.97 Å². The van der Waals surface area contributed by atoms with Crippen molar-refractivity contribution in [2.45, 2.75) is 31.7 Å². The van der Waals surface area contributed by atoms with Crippen molar-refractivity contribution in [3.05, 3.63) is 65.7 Å². The number of carbonyl (C=O) groups is 1. The van der Waals surface area contributed by atoms with Gasteiger partial charge in [0.15, 0.2) is 6.10 Å². The van der Waals surface area contributed by atoms with E-state index in [-0.39, 0.29) is 0 Å². The van der Waals surface area contributed by atoms with Crippen LogP contribution in [0.25, 0.3) is 0 Å². The summed E-state index contributed by atoms with van der Waals surface area (Å²) in [4.78, 5) is 11.1. The molecule has 22 heavy (non-hydrogen) atoms. The summed E-state index contributed by atoms with van der Waals surface area (Å²) >= 11 is 0. The summed E-state index contributed by atoms with van der Waals surface area (Å²) < 4.78 is 11.2. The fourth-order valence-corrected chi connectivity index (χ4v) is 2.69. The van der Waals surface area contributed by atoms with Crippen LogP contribution < -0.4 is 4.74 Å². The standard InChI is InChI=1S/C18H18O4/c1-2-18(16(22-18)17(19)20)14-8-10-15(11-9-14)21-12-13-6-4-3-5-7-13/h3-11,16H,2,12H2,1H3,(H,19,20). The van der Waals surface area contributed by atoms with Gasteiger partial charge >= 0.3 is 5.97 Å². The SMILES string of the molecule is CCC1(c2ccc(OCc3ccccc3)cc2)OC1C(=O)O. The Morgan fingerprint density at radius 1 is 1.18 bits per heavy atom. The normalized spacial score (nSPS) is 23.0. The molecule has 1 aliphatic rings. The van der Waals surface area contributed by atoms with E-state index in [0.717, 1.165) is 16.9 Å². The highest BCUT2D eigenvalue weighted by molar-refractivity contribution is 5.78. The van der Waals surface area contributed by atoms with Crippen LogP contribution in [0.1, 0.15) is 24.5 Å². The minimum atomic E-state index is -0.911. The van der Waals surface area contributed by atoms with Gasteiger partial charge in [0.1, 0.15) is 18.0 Å². The van der Waals surface area contributed by atoms with E-state index in [4.69, 9.17) is 14.6 Å². The molecule has 4 heteroatoms. The second kappa shape index (κ2) is 5.81. The van der Waals surface area contributed by atoms with Crippen molar-refractivity contribution < 1.29 is 19.4 Å². The third-order valence-electron chi connectivity index (χ3n) is 4.04. The second-order valence-electron chi connectivity index (χ2n) is 5.38. The molecule has 2 aromatic rings. The summed E-state index contributed by atoms with van der Waals surface area (Å²) in [7, 11) is 0. The molecule has 0 aliphatic carbocycles. The van der Waals surface area contributed by atoms with Gasteiger partial charge in [-0.25, -0.2) is 4.79 Å². The molecule has 1 saturated heterocycles. The number of rotatable bonds is 6. The molecule has 0 spiro atoms. The number of aliphatic carboxylic acids is 1. The molecule has 114 valence electrons. The average molecular weight is 298 g/mol. The van der Waals surface area contributed by atoms with Gasteiger partial charge in [-0.3, -0.25) is 0 Å². The number of carboxylic acid groups (broad SMARTS) is 1. The largest absolute Gasteiger partial charge is 0.489 e. The van der Waals surface area contributed by atoms with Gasteiger partial charge in [-0.2, -0.15) is 0 Å². The third-order valence-corrected chi connectivity index (χ3v) is 4.04. The maximum atomic E-state index is 11.1. The predicted molar refractivity (Wildman–Crippen MR) is 81.7 cm³/mol. The third kappa shape index (κ3) is 2.70. The Bertz CT molecular complexity index is 651. The van der Waals surface area contributed by atoms with Crippen LogP contribution in [-0.2, 0) is 21.7 Å². The molecular formula is C18H18O4. The summed E-state index contributed by atoms with van der Waals surface area (Å²) in [6.07, 6.45) is -0.109. The van der Waals surface area contributed by atoms with Crippen LogP contribution >= 0.6 is 0 Å². The predicted octanol–water partition coefficient (Wildman–Crippen LogP) is 3.35. The Hall–Kier alpha value is -2.33. The van der Waals surface area contributed by atoms with E-state index < -0.39 is 17.7 Å². The van der Waals surface area contributed by atoms with Gasteiger partial charge < -0.3 is 14.6 Å². The zero-order valence-electron chi connectivity index (χ0n) is 12.4. The van der Waals surface area contributed by atoms with Crippen LogP contribution in [-0.4, -0.2) is 17.2 Å². The summed E-state index contributed by atoms with van der Waals surface area (Å²) in [5.41, 5.74) is 1.31. The van der Waals surface area contributed by atoms with Crippen LogP contribution in [0.15, 0.2) is 54.6 Å². The molecular weight excluding hydrogens is 280 g/mol. The van der Waals surface area contributed by atoms with Crippen LogP contribution in [0, 0.1) is 0 Å². The lowest BCUT2D eigenvalue weighted by atomic mass is 9.92. The topological polar surface area (TPSA) is 59.1 Å². The molecule has 2 aromatic carbocycles. The number of benzene rings is 2. The zero-order chi connectivity index (χ0) is 15.6. The fourth-order valence-electron chi connectivity index (χ4n) is 2.69. The van der Waals surface area contributed by atoms with Gasteiger partial charge in [0.2, 0.25) is 0 Å². The molecule has 0 radical (unpaired) electrons. The van der Waals surface area contributed by atoms with Crippen LogP contribution in [0.2, 0.25) is 0 Å². The molecule has 3 rings (SSSR count). The molecule has 4 nitrogen and oxygen atoms in total. The van der Waals surface area contributed by atoms with Crippen molar-refractivity contribution in [1.82, 2.24) is 0 Å². The van der Waals surface area contributed by atoms with Crippen molar-refractivity contribution in [3.8, 4) is 5.75 Å². The Labute approximate surface area is 129 Å². The first-order chi connectivity index (χ1) is 10.7. The number of ether oxygens (including phenoxy) is 2. The molecule has 1 heterocycles. The molecule has 0 amide bonds. The van der Waals surface area contributed by atoms with E-state index in [0.29, 0.717) is 13.0 Å². The summed E-state index contributed by atoms with van der Waals surface area (Å²) in [6.45, 7) is 2.44. The molecule has 0 aromatic heterocycles. The Morgan fingerprint density at radius 2 is 1.86 bits per heavy atom. The summed E-state index contributed by atoms with van der Waals surface area (Å²) in [5, 5.41) is 9.10. The van der Waals surface area contributed by atoms with Gasteiger partial charge in [0, 0.05) is 0 Å². The van der Waals surface area contributed by atoms with Gasteiger partial charge in [0.25, 0.3) is 0 Å². The van der Waals surface area contributed by atoms with Gasteiger partial charge in [0.05, 0.1) is 0 Å². The lowest BCUT2D eigenvalue weighted by Crippen LogP contribution is -2.17. The first kappa shape index (κ1) is 14.6. The van der Waals surface area contributed by atoms with Crippen LogP contribution in [0.5, 0.6) is 5.75 Å². The van der Waals surface area contributed by atoms with Crippen molar-refractivity contribution in [2.75, 3.05) is 0 Å². The molecule has 0 bridgehead atoms. The lowest BCUT2D eigenvalue weighted by Gasteiger charge is -2.11. The van der Waals surface area contributed by atoms with E-state index in [1.807, 2.05) is 61.5 Å². The number of carboxylic acids is 1. The Morgan fingerprint density at radius 3 is 2.41 bits per heavy atom. The first-order valence-electron chi connectivity index (χ1n) is 7.33. The first-order valence-corrected chi connectivity index (χ1v) is 7.33. The molecule has 1 N–H and O–H groups in total. The summed E-state index contributed by atoms with van der Waals surface area (Å²) in [6, 6.07) is 17.4. The highest BCUT2D eigenvalue weighted by Crippen LogP contribution is 2.49. The van der Waals surface area contributed by atoms with E-state index in [9.17, 15) is 4.79 Å². The quantitative estimate of drug-likeness (QED) is 0.831. The van der Waals surface area contributed by atoms with E-state index >= 15 is 0 Å². The monoisotopic (exact) mass is 298 g/mol. The maximum Gasteiger partial charge on any atom is 0.336 e. The molecule has 2 atom stereocenters. The number of hydrogen-bond acceptors (Lipinski definition) is 3.